The minimum Gasteiger partial charge on any atom is -0.482 e. The van der Waals surface area contributed by atoms with Crippen LogP contribution in [0.4, 0.5) is 0 Å². The minimum atomic E-state index is -0.758. The second kappa shape index (κ2) is 8.31. The summed E-state index contributed by atoms with van der Waals surface area (Å²) in [6.45, 7) is -0.989. The number of benzene rings is 1. The SMILES string of the molecule is Cn1cccc1C(=O)NC(=O)COC(=O)COc1ccc(C#N)cc1. The Labute approximate surface area is 143 Å². The summed E-state index contributed by atoms with van der Waals surface area (Å²) in [6.07, 6.45) is 1.67. The molecule has 0 radical (unpaired) electrons. The predicted molar refractivity (Wildman–Crippen MR) is 85.5 cm³/mol. The lowest BCUT2D eigenvalue weighted by molar-refractivity contribution is -0.150. The average Bonchev–Trinajstić information content (AvgIpc) is 3.04. The highest BCUT2D eigenvalue weighted by Crippen LogP contribution is 2.11. The molecule has 1 aromatic heterocycles. The first-order valence-electron chi connectivity index (χ1n) is 7.23. The van der Waals surface area contributed by atoms with Gasteiger partial charge in [0.15, 0.2) is 13.2 Å². The molecule has 1 aromatic carbocycles. The lowest BCUT2D eigenvalue weighted by Gasteiger charge is -2.08. The van der Waals surface area contributed by atoms with E-state index in [9.17, 15) is 14.4 Å². The highest BCUT2D eigenvalue weighted by atomic mass is 16.6. The molecule has 8 heteroatoms. The van der Waals surface area contributed by atoms with Gasteiger partial charge in [0.25, 0.3) is 11.8 Å². The van der Waals surface area contributed by atoms with Crippen LogP contribution in [0, 0.1) is 11.3 Å². The fraction of sp³-hybridized carbons (Fsp3) is 0.176. The van der Waals surface area contributed by atoms with Gasteiger partial charge in [-0.2, -0.15) is 5.26 Å². The molecular weight excluding hydrogens is 326 g/mol. The number of nitriles is 1. The fourth-order valence-corrected chi connectivity index (χ4v) is 1.88. The summed E-state index contributed by atoms with van der Waals surface area (Å²) in [5.74, 6) is -1.69. The van der Waals surface area contributed by atoms with Crippen molar-refractivity contribution >= 4 is 17.8 Å². The molecule has 0 unspecified atom stereocenters. The summed E-state index contributed by atoms with van der Waals surface area (Å²) in [7, 11) is 1.67. The molecule has 25 heavy (non-hydrogen) atoms. The quantitative estimate of drug-likeness (QED) is 0.777. The van der Waals surface area contributed by atoms with Crippen molar-refractivity contribution in [2.45, 2.75) is 0 Å². The predicted octanol–water partition coefficient (Wildman–Crippen LogP) is 0.775. The molecule has 1 N–H and O–H groups in total. The molecule has 0 fully saturated rings. The van der Waals surface area contributed by atoms with Crippen LogP contribution >= 0.6 is 0 Å². The molecule has 0 aliphatic heterocycles. The van der Waals surface area contributed by atoms with Gasteiger partial charge in [-0.1, -0.05) is 0 Å². The topological polar surface area (TPSA) is 110 Å². The molecular formula is C17H15N3O5. The number of aromatic nitrogens is 1. The summed E-state index contributed by atoms with van der Waals surface area (Å²) in [6, 6.07) is 11.3. The van der Waals surface area contributed by atoms with Gasteiger partial charge in [0.2, 0.25) is 0 Å². The molecule has 0 atom stereocenters. The number of carbonyl (C=O) groups excluding carboxylic acids is 3. The van der Waals surface area contributed by atoms with Gasteiger partial charge in [0.05, 0.1) is 11.6 Å². The highest BCUT2D eigenvalue weighted by molar-refractivity contribution is 6.04. The van der Waals surface area contributed by atoms with Gasteiger partial charge in [-0.3, -0.25) is 14.9 Å². The van der Waals surface area contributed by atoms with Crippen molar-refractivity contribution in [2.75, 3.05) is 13.2 Å². The van der Waals surface area contributed by atoms with Crippen LogP contribution in [-0.4, -0.2) is 35.6 Å². The van der Waals surface area contributed by atoms with Gasteiger partial charge in [0, 0.05) is 13.2 Å². The second-order valence-electron chi connectivity index (χ2n) is 4.97. The van der Waals surface area contributed by atoms with Crippen LogP contribution in [0.15, 0.2) is 42.6 Å². The van der Waals surface area contributed by atoms with E-state index < -0.39 is 31.0 Å². The Hall–Kier alpha value is -3.60. The van der Waals surface area contributed by atoms with E-state index in [0.29, 0.717) is 17.0 Å². The molecule has 0 bridgehead atoms. The number of carbonyl (C=O) groups is 3. The molecule has 0 aliphatic rings. The lowest BCUT2D eigenvalue weighted by Crippen LogP contribution is -2.35. The van der Waals surface area contributed by atoms with Crippen LogP contribution in [0.1, 0.15) is 16.1 Å². The molecule has 0 spiro atoms. The van der Waals surface area contributed by atoms with E-state index in [1.807, 2.05) is 6.07 Å². The first kappa shape index (κ1) is 17.7. The van der Waals surface area contributed by atoms with Crippen LogP contribution in [0.2, 0.25) is 0 Å². The summed E-state index contributed by atoms with van der Waals surface area (Å²) >= 11 is 0. The third-order valence-electron chi connectivity index (χ3n) is 3.13. The number of imide groups is 1. The van der Waals surface area contributed by atoms with Crippen LogP contribution < -0.4 is 10.1 Å². The fourth-order valence-electron chi connectivity index (χ4n) is 1.88. The normalized spacial score (nSPS) is 9.76. The highest BCUT2D eigenvalue weighted by Gasteiger charge is 2.14. The number of nitrogens with one attached hydrogen (secondary N) is 1. The summed E-state index contributed by atoms with van der Waals surface area (Å²) in [5.41, 5.74) is 0.776. The van der Waals surface area contributed by atoms with Crippen LogP contribution in [-0.2, 0) is 21.4 Å². The van der Waals surface area contributed by atoms with Crippen molar-refractivity contribution in [1.29, 1.82) is 5.26 Å². The standard InChI is InChI=1S/C17H15N3O5/c1-20-8-2-3-14(20)17(23)19-15(21)10-25-16(22)11-24-13-6-4-12(9-18)5-7-13/h2-8H,10-11H2,1H3,(H,19,21,23). The maximum absolute atomic E-state index is 11.8. The van der Waals surface area contributed by atoms with E-state index in [-0.39, 0.29) is 0 Å². The average molecular weight is 341 g/mol. The Morgan fingerprint density at radius 1 is 1.16 bits per heavy atom. The minimum absolute atomic E-state index is 0.309. The Morgan fingerprint density at radius 3 is 2.48 bits per heavy atom. The number of aryl methyl sites for hydroxylation is 1. The van der Waals surface area contributed by atoms with Crippen molar-refractivity contribution in [1.82, 2.24) is 9.88 Å². The van der Waals surface area contributed by atoms with Gasteiger partial charge >= 0.3 is 5.97 Å². The third-order valence-corrected chi connectivity index (χ3v) is 3.13. The Morgan fingerprint density at radius 2 is 1.88 bits per heavy atom. The third kappa shape index (κ3) is 5.21. The first-order chi connectivity index (χ1) is 12.0. The molecule has 2 amide bonds. The molecule has 0 saturated heterocycles. The van der Waals surface area contributed by atoms with Gasteiger partial charge in [0.1, 0.15) is 11.4 Å². The van der Waals surface area contributed by atoms with Gasteiger partial charge < -0.3 is 14.0 Å². The van der Waals surface area contributed by atoms with Crippen LogP contribution in [0.5, 0.6) is 5.75 Å². The van der Waals surface area contributed by atoms with Crippen molar-refractivity contribution in [3.05, 3.63) is 53.9 Å². The molecule has 128 valence electrons. The van der Waals surface area contributed by atoms with E-state index in [4.69, 9.17) is 14.7 Å². The number of amides is 2. The maximum atomic E-state index is 11.8. The zero-order valence-electron chi connectivity index (χ0n) is 13.4. The number of hydrogen-bond donors (Lipinski definition) is 1. The van der Waals surface area contributed by atoms with Crippen molar-refractivity contribution in [3.8, 4) is 11.8 Å². The number of rotatable bonds is 6. The zero-order chi connectivity index (χ0) is 18.2. The maximum Gasteiger partial charge on any atom is 0.344 e. The molecule has 2 rings (SSSR count). The first-order valence-corrected chi connectivity index (χ1v) is 7.23. The van der Waals surface area contributed by atoms with E-state index in [1.54, 1.807) is 42.1 Å². The van der Waals surface area contributed by atoms with Crippen molar-refractivity contribution < 1.29 is 23.9 Å². The largest absolute Gasteiger partial charge is 0.482 e. The van der Waals surface area contributed by atoms with Crippen molar-refractivity contribution in [3.63, 3.8) is 0 Å². The lowest BCUT2D eigenvalue weighted by atomic mass is 10.2. The van der Waals surface area contributed by atoms with Gasteiger partial charge in [-0.25, -0.2) is 4.79 Å². The summed E-state index contributed by atoms with van der Waals surface area (Å²) in [5, 5.41) is 10.8. The zero-order valence-corrected chi connectivity index (χ0v) is 13.4. The molecule has 0 aliphatic carbocycles. The Bertz CT molecular complexity index is 818. The second-order valence-corrected chi connectivity index (χ2v) is 4.97. The summed E-state index contributed by atoms with van der Waals surface area (Å²) in [4.78, 5) is 35.0. The molecule has 8 nitrogen and oxygen atoms in total. The van der Waals surface area contributed by atoms with E-state index >= 15 is 0 Å². The van der Waals surface area contributed by atoms with E-state index in [1.165, 1.54) is 12.1 Å². The number of hydrogen-bond acceptors (Lipinski definition) is 6. The van der Waals surface area contributed by atoms with E-state index in [2.05, 4.69) is 5.32 Å². The molecule has 0 saturated carbocycles. The summed E-state index contributed by atoms with van der Waals surface area (Å²) < 4.78 is 11.5. The Kier molecular flexibility index (Phi) is 5.90. The van der Waals surface area contributed by atoms with Crippen LogP contribution in [0.25, 0.3) is 0 Å². The smallest absolute Gasteiger partial charge is 0.344 e. The molecule has 2 aromatic rings. The Balaban J connectivity index is 1.72. The monoisotopic (exact) mass is 341 g/mol. The van der Waals surface area contributed by atoms with Gasteiger partial charge in [-0.15, -0.1) is 0 Å². The van der Waals surface area contributed by atoms with E-state index in [0.717, 1.165) is 0 Å². The van der Waals surface area contributed by atoms with Crippen molar-refractivity contribution in [2.24, 2.45) is 7.05 Å². The van der Waals surface area contributed by atoms with Crippen LogP contribution in [0.3, 0.4) is 0 Å². The molecule has 1 heterocycles. The number of esters is 1. The van der Waals surface area contributed by atoms with Gasteiger partial charge in [-0.05, 0) is 36.4 Å². The number of nitrogens with zero attached hydrogens (tertiary/aromatic N) is 2. The number of ether oxygens (including phenoxy) is 2.